The van der Waals surface area contributed by atoms with Crippen LogP contribution < -0.4 is 15.4 Å². The summed E-state index contributed by atoms with van der Waals surface area (Å²) >= 11 is 6.54. The minimum absolute atomic E-state index is 0.0879. The number of hydrogen-bond acceptors (Lipinski definition) is 5. The van der Waals surface area contributed by atoms with E-state index in [1.54, 1.807) is 25.3 Å². The molecule has 4 aromatic carbocycles. The molecule has 0 bridgehead atoms. The van der Waals surface area contributed by atoms with Crippen molar-refractivity contribution in [3.05, 3.63) is 88.9 Å². The third-order valence-electron chi connectivity index (χ3n) is 6.94. The molecule has 1 aliphatic rings. The maximum Gasteiger partial charge on any atom is 0.259 e. The second-order valence-electron chi connectivity index (χ2n) is 9.20. The number of ether oxygens (including phenoxy) is 1. The number of methoxy groups -OCH3 is 1. The lowest BCUT2D eigenvalue weighted by molar-refractivity contribution is 0.0880. The number of halogens is 1. The monoisotopic (exact) mass is 525 g/mol. The quantitative estimate of drug-likeness (QED) is 0.173. The summed E-state index contributed by atoms with van der Waals surface area (Å²) in [4.78, 5) is 26.1. The maximum absolute atomic E-state index is 13.1. The number of imide groups is 1. The second-order valence-corrected chi connectivity index (χ2v) is 9.60. The highest BCUT2D eigenvalue weighted by molar-refractivity contribution is 6.36. The smallest absolute Gasteiger partial charge is 0.259 e. The van der Waals surface area contributed by atoms with E-state index in [1.807, 2.05) is 54.6 Å². The van der Waals surface area contributed by atoms with Gasteiger partial charge in [-0.25, -0.2) is 0 Å². The van der Waals surface area contributed by atoms with E-state index in [9.17, 15) is 14.7 Å². The molecular formula is C30H24ClN3O4. The van der Waals surface area contributed by atoms with Crippen molar-refractivity contribution >= 4 is 50.9 Å². The van der Waals surface area contributed by atoms with Gasteiger partial charge >= 0.3 is 0 Å². The van der Waals surface area contributed by atoms with Gasteiger partial charge in [0, 0.05) is 51.7 Å². The van der Waals surface area contributed by atoms with Crippen molar-refractivity contribution in [2.75, 3.05) is 19.0 Å². The van der Waals surface area contributed by atoms with Gasteiger partial charge in [-0.1, -0.05) is 35.9 Å². The molecule has 2 heterocycles. The summed E-state index contributed by atoms with van der Waals surface area (Å²) in [5.41, 5.74) is 4.52. The molecule has 1 aromatic heterocycles. The molecule has 0 fully saturated rings. The normalized spacial score (nSPS) is 12.7. The van der Waals surface area contributed by atoms with Crippen molar-refractivity contribution in [3.8, 4) is 22.6 Å². The van der Waals surface area contributed by atoms with Gasteiger partial charge in [-0.05, 0) is 54.4 Å². The van der Waals surface area contributed by atoms with E-state index in [1.165, 1.54) is 0 Å². The van der Waals surface area contributed by atoms with Crippen LogP contribution in [-0.2, 0) is 6.54 Å². The minimum Gasteiger partial charge on any atom is -0.508 e. The zero-order chi connectivity index (χ0) is 26.4. The number of aromatic hydroxyl groups is 1. The first-order valence-corrected chi connectivity index (χ1v) is 12.6. The fraction of sp³-hybridized carbons (Fsp3) is 0.133. The number of benzene rings is 4. The van der Waals surface area contributed by atoms with Gasteiger partial charge in [0.15, 0.2) is 0 Å². The summed E-state index contributed by atoms with van der Waals surface area (Å²) < 4.78 is 7.44. The number of amides is 2. The maximum atomic E-state index is 13.1. The molecule has 0 saturated heterocycles. The number of nitrogens with one attached hydrogen (secondary N) is 2. The van der Waals surface area contributed by atoms with Gasteiger partial charge in [0.1, 0.15) is 11.5 Å². The minimum atomic E-state index is -0.453. The van der Waals surface area contributed by atoms with Crippen LogP contribution in [0.2, 0.25) is 5.02 Å². The van der Waals surface area contributed by atoms with Crippen LogP contribution >= 0.6 is 11.6 Å². The van der Waals surface area contributed by atoms with E-state index < -0.39 is 11.8 Å². The van der Waals surface area contributed by atoms with Gasteiger partial charge in [0.05, 0.1) is 23.8 Å². The standard InChI is InChI=1S/C30H24ClN3O4/c1-38-19-7-4-6-17(14-19)32-12-5-13-34-24-11-10-18(35)15-22(24)26-25(34)16-21(20-8-2-3-9-23(20)31)27-28(26)30(37)33-29(27)36/h2-4,6-11,14-16,32,35H,5,12-13H2,1H3,(H,33,36,37). The molecule has 0 spiro atoms. The third kappa shape index (κ3) is 3.92. The molecule has 1 aliphatic heterocycles. The topological polar surface area (TPSA) is 92.6 Å². The molecule has 6 rings (SSSR count). The summed E-state index contributed by atoms with van der Waals surface area (Å²) in [5, 5.41) is 18.0. The zero-order valence-electron chi connectivity index (χ0n) is 20.5. The Balaban J connectivity index is 1.48. The predicted molar refractivity (Wildman–Crippen MR) is 149 cm³/mol. The van der Waals surface area contributed by atoms with E-state index in [2.05, 4.69) is 15.2 Å². The number of aryl methyl sites for hydroxylation is 1. The van der Waals surface area contributed by atoms with E-state index in [0.717, 1.165) is 28.9 Å². The van der Waals surface area contributed by atoms with Gasteiger partial charge in [-0.3, -0.25) is 14.9 Å². The summed E-state index contributed by atoms with van der Waals surface area (Å²) in [6, 6.07) is 22.1. The molecule has 7 nitrogen and oxygen atoms in total. The zero-order valence-corrected chi connectivity index (χ0v) is 21.3. The average Bonchev–Trinajstić information content (AvgIpc) is 3.39. The Morgan fingerprint density at radius 1 is 0.921 bits per heavy atom. The number of phenolic OH excluding ortho intramolecular Hbond substituents is 1. The van der Waals surface area contributed by atoms with E-state index in [0.29, 0.717) is 51.1 Å². The van der Waals surface area contributed by atoms with E-state index in [-0.39, 0.29) is 5.75 Å². The fourth-order valence-electron chi connectivity index (χ4n) is 5.27. The van der Waals surface area contributed by atoms with Crippen LogP contribution in [0.15, 0.2) is 72.8 Å². The second kappa shape index (κ2) is 9.43. The lowest BCUT2D eigenvalue weighted by Gasteiger charge is -2.13. The molecule has 0 atom stereocenters. The van der Waals surface area contributed by atoms with Crippen molar-refractivity contribution < 1.29 is 19.4 Å². The summed E-state index contributed by atoms with van der Waals surface area (Å²) in [6.45, 7) is 1.34. The lowest BCUT2D eigenvalue weighted by atomic mass is 9.93. The van der Waals surface area contributed by atoms with E-state index in [4.69, 9.17) is 16.3 Å². The third-order valence-corrected chi connectivity index (χ3v) is 7.27. The molecule has 0 saturated carbocycles. The van der Waals surface area contributed by atoms with Gasteiger partial charge in [-0.15, -0.1) is 0 Å². The van der Waals surface area contributed by atoms with Crippen molar-refractivity contribution in [3.63, 3.8) is 0 Å². The summed E-state index contributed by atoms with van der Waals surface area (Å²) in [6.07, 6.45) is 0.778. The Morgan fingerprint density at radius 2 is 1.74 bits per heavy atom. The van der Waals surface area contributed by atoms with Crippen LogP contribution in [0.25, 0.3) is 32.9 Å². The first kappa shape index (κ1) is 23.9. The molecular weight excluding hydrogens is 502 g/mol. The largest absolute Gasteiger partial charge is 0.508 e. The Morgan fingerprint density at radius 3 is 2.55 bits per heavy atom. The average molecular weight is 526 g/mol. The molecule has 3 N–H and O–H groups in total. The van der Waals surface area contributed by atoms with Gasteiger partial charge in [0.2, 0.25) is 0 Å². The molecule has 190 valence electrons. The van der Waals surface area contributed by atoms with Crippen LogP contribution in [0, 0.1) is 0 Å². The number of fused-ring (bicyclic) bond motifs is 5. The SMILES string of the molecule is COc1cccc(NCCCn2c3ccc(O)cc3c3c4c(c(-c5ccccc5Cl)cc32)C(=O)NC4=O)c1. The van der Waals surface area contributed by atoms with Crippen LogP contribution in [0.5, 0.6) is 11.5 Å². The number of hydrogen-bond donors (Lipinski definition) is 3. The summed E-state index contributed by atoms with van der Waals surface area (Å²) in [7, 11) is 1.64. The Hall–Kier alpha value is -4.49. The van der Waals surface area contributed by atoms with Crippen LogP contribution in [-0.4, -0.2) is 35.1 Å². The number of anilines is 1. The van der Waals surface area contributed by atoms with Crippen molar-refractivity contribution in [2.24, 2.45) is 0 Å². The lowest BCUT2D eigenvalue weighted by Crippen LogP contribution is -2.20. The number of carbonyl (C=O) groups is 2. The van der Waals surface area contributed by atoms with E-state index >= 15 is 0 Å². The highest BCUT2D eigenvalue weighted by Crippen LogP contribution is 2.42. The van der Waals surface area contributed by atoms with Crippen molar-refractivity contribution in [1.82, 2.24) is 9.88 Å². The molecule has 0 aliphatic carbocycles. The number of nitrogens with zero attached hydrogens (tertiary/aromatic N) is 1. The molecule has 38 heavy (non-hydrogen) atoms. The first-order chi connectivity index (χ1) is 18.5. The molecule has 2 amide bonds. The molecule has 5 aromatic rings. The van der Waals surface area contributed by atoms with Crippen molar-refractivity contribution in [1.29, 1.82) is 0 Å². The highest BCUT2D eigenvalue weighted by Gasteiger charge is 2.34. The predicted octanol–water partition coefficient (Wildman–Crippen LogP) is 6.21. The number of rotatable bonds is 7. The van der Waals surface area contributed by atoms with Crippen LogP contribution in [0.3, 0.4) is 0 Å². The summed E-state index contributed by atoms with van der Waals surface area (Å²) in [5.74, 6) is -0.0350. The molecule has 0 unspecified atom stereocenters. The number of carbonyl (C=O) groups excluding carboxylic acids is 2. The van der Waals surface area contributed by atoms with Gasteiger partial charge in [-0.2, -0.15) is 0 Å². The highest BCUT2D eigenvalue weighted by atomic mass is 35.5. The molecule has 0 radical (unpaired) electrons. The fourth-order valence-corrected chi connectivity index (χ4v) is 5.51. The Labute approximate surface area is 223 Å². The number of aromatic nitrogens is 1. The van der Waals surface area contributed by atoms with Gasteiger partial charge in [0.25, 0.3) is 11.8 Å². The van der Waals surface area contributed by atoms with Crippen LogP contribution in [0.1, 0.15) is 27.1 Å². The molecule has 8 heteroatoms. The Kier molecular flexibility index (Phi) is 5.93. The van der Waals surface area contributed by atoms with Gasteiger partial charge < -0.3 is 19.7 Å². The van der Waals surface area contributed by atoms with Crippen LogP contribution in [0.4, 0.5) is 5.69 Å². The van der Waals surface area contributed by atoms with Crippen molar-refractivity contribution in [2.45, 2.75) is 13.0 Å². The first-order valence-electron chi connectivity index (χ1n) is 12.3. The number of phenols is 1. The Bertz CT molecular complexity index is 1760.